The number of nitrogens with two attached hydrogens (primary N) is 2. The summed E-state index contributed by atoms with van der Waals surface area (Å²) in [7, 11) is 1.53. The van der Waals surface area contributed by atoms with Gasteiger partial charge in [0.15, 0.2) is 11.7 Å². The number of aliphatic imine (C=N–C) groups is 1. The molecule has 0 aromatic heterocycles. The van der Waals surface area contributed by atoms with Gasteiger partial charge < -0.3 is 31.6 Å². The Hall–Kier alpha value is -3.71. The predicted molar refractivity (Wildman–Crippen MR) is 161 cm³/mol. The minimum atomic E-state index is -0.957. The van der Waals surface area contributed by atoms with Gasteiger partial charge in [-0.1, -0.05) is 26.0 Å². The number of Topliss-reactive ketones (excluding diaryl/α,β-unsaturated/α-hetero) is 1. The molecule has 0 fully saturated rings. The van der Waals surface area contributed by atoms with Gasteiger partial charge in [-0.15, -0.1) is 0 Å². The molecule has 0 saturated carbocycles. The van der Waals surface area contributed by atoms with Crippen LogP contribution < -0.4 is 32.3 Å². The van der Waals surface area contributed by atoms with Crippen LogP contribution in [0.15, 0.2) is 29.3 Å². The number of benzene rings is 1. The van der Waals surface area contributed by atoms with Crippen molar-refractivity contribution in [1.82, 2.24) is 16.1 Å². The highest BCUT2D eigenvalue weighted by Gasteiger charge is 2.36. The maximum atomic E-state index is 13.8. The molecule has 240 valence electrons. The lowest BCUT2D eigenvalue weighted by Crippen LogP contribution is -2.49. The molecule has 0 saturated heterocycles. The first kappa shape index (κ1) is 35.5. The summed E-state index contributed by atoms with van der Waals surface area (Å²) >= 11 is 0. The highest BCUT2D eigenvalue weighted by Crippen LogP contribution is 2.27. The summed E-state index contributed by atoms with van der Waals surface area (Å²) in [5, 5.41) is 15.2. The largest absolute Gasteiger partial charge is 0.494 e. The molecule has 0 spiro atoms. The SMILES string of the molecule is COCCNC(=O)[C@H](CCCN=C(N)N)CC(=O)[C@@H]1Cc2ccc(cc2)OCCC[C@H](C(=O)NO)[C@@H](CC(C)C)C(=O)N1. The number of nitrogens with zero attached hydrogens (tertiary/aromatic N) is 1. The number of amides is 3. The van der Waals surface area contributed by atoms with E-state index in [1.54, 1.807) is 17.6 Å². The Labute approximate surface area is 253 Å². The summed E-state index contributed by atoms with van der Waals surface area (Å²) in [6.45, 7) is 5.12. The third kappa shape index (κ3) is 12.6. The van der Waals surface area contributed by atoms with Crippen molar-refractivity contribution in [1.29, 1.82) is 0 Å². The molecular weight excluding hydrogens is 556 g/mol. The van der Waals surface area contributed by atoms with Crippen LogP contribution in [-0.2, 0) is 30.3 Å². The van der Waals surface area contributed by atoms with E-state index in [4.69, 9.17) is 20.9 Å². The van der Waals surface area contributed by atoms with E-state index in [2.05, 4.69) is 15.6 Å². The third-order valence-corrected chi connectivity index (χ3v) is 7.42. The second-order valence-corrected chi connectivity index (χ2v) is 11.3. The fourth-order valence-electron chi connectivity index (χ4n) is 5.21. The molecule has 3 amide bonds. The summed E-state index contributed by atoms with van der Waals surface area (Å²) in [5.41, 5.74) is 13.3. The number of hydroxylamine groups is 1. The number of ether oxygens (including phenoxy) is 2. The van der Waals surface area contributed by atoms with Gasteiger partial charge in [0.2, 0.25) is 17.7 Å². The minimum absolute atomic E-state index is 0.0554. The number of ketones is 1. The van der Waals surface area contributed by atoms with Gasteiger partial charge in [0, 0.05) is 38.5 Å². The van der Waals surface area contributed by atoms with Crippen LogP contribution in [0.2, 0.25) is 0 Å². The zero-order chi connectivity index (χ0) is 31.8. The second kappa shape index (κ2) is 18.7. The molecular formula is C30H48N6O7. The topological polar surface area (TPSA) is 207 Å². The quantitative estimate of drug-likeness (QED) is 0.0589. The lowest BCUT2D eigenvalue weighted by molar-refractivity contribution is -0.142. The van der Waals surface area contributed by atoms with Crippen molar-refractivity contribution in [2.75, 3.05) is 33.4 Å². The molecule has 43 heavy (non-hydrogen) atoms. The molecule has 1 aromatic rings. The summed E-state index contributed by atoms with van der Waals surface area (Å²) in [6.07, 6.45) is 2.03. The highest BCUT2D eigenvalue weighted by molar-refractivity contribution is 5.94. The maximum Gasteiger partial charge on any atom is 0.247 e. The summed E-state index contributed by atoms with van der Waals surface area (Å²) in [4.78, 5) is 57.4. The number of guanidine groups is 1. The average Bonchev–Trinajstić information content (AvgIpc) is 2.97. The van der Waals surface area contributed by atoms with Gasteiger partial charge >= 0.3 is 0 Å². The molecule has 2 bridgehead atoms. The fourth-order valence-corrected chi connectivity index (χ4v) is 5.21. The molecule has 8 N–H and O–H groups in total. The maximum absolute atomic E-state index is 13.8. The van der Waals surface area contributed by atoms with Crippen LogP contribution in [0.3, 0.4) is 0 Å². The monoisotopic (exact) mass is 604 g/mol. The Morgan fingerprint density at radius 2 is 1.93 bits per heavy atom. The van der Waals surface area contributed by atoms with Crippen LogP contribution in [-0.4, -0.2) is 74.1 Å². The van der Waals surface area contributed by atoms with E-state index >= 15 is 0 Å². The van der Waals surface area contributed by atoms with Crippen LogP contribution in [0.1, 0.15) is 57.9 Å². The minimum Gasteiger partial charge on any atom is -0.494 e. The van der Waals surface area contributed by atoms with Crippen molar-refractivity contribution < 1.29 is 33.9 Å². The van der Waals surface area contributed by atoms with E-state index < -0.39 is 35.6 Å². The number of carbonyl (C=O) groups excluding carboxylic acids is 4. The number of nitrogens with one attached hydrogen (secondary N) is 3. The lowest BCUT2D eigenvalue weighted by atomic mass is 9.81. The van der Waals surface area contributed by atoms with Crippen molar-refractivity contribution in [3.05, 3.63) is 29.8 Å². The number of rotatable bonds is 14. The molecule has 13 heteroatoms. The Kier molecular flexibility index (Phi) is 15.5. The molecule has 4 atom stereocenters. The van der Waals surface area contributed by atoms with Gasteiger partial charge in [0.25, 0.3) is 0 Å². The molecule has 2 aliphatic rings. The van der Waals surface area contributed by atoms with Gasteiger partial charge in [0.05, 0.1) is 25.2 Å². The first-order valence-corrected chi connectivity index (χ1v) is 14.9. The first-order chi connectivity index (χ1) is 20.5. The predicted octanol–water partition coefficient (Wildman–Crippen LogP) is 1.06. The Balaban J connectivity index is 2.38. The van der Waals surface area contributed by atoms with Gasteiger partial charge in [0.1, 0.15) is 5.75 Å². The smallest absolute Gasteiger partial charge is 0.247 e. The molecule has 13 nitrogen and oxygen atoms in total. The van der Waals surface area contributed by atoms with Crippen LogP contribution in [0.5, 0.6) is 5.75 Å². The van der Waals surface area contributed by atoms with E-state index in [0.29, 0.717) is 57.6 Å². The second-order valence-electron chi connectivity index (χ2n) is 11.3. The van der Waals surface area contributed by atoms with E-state index in [1.165, 1.54) is 7.11 Å². The number of carbonyl (C=O) groups is 4. The molecule has 0 radical (unpaired) electrons. The molecule has 1 aromatic carbocycles. The summed E-state index contributed by atoms with van der Waals surface area (Å²) in [5.74, 6) is -3.39. The van der Waals surface area contributed by atoms with Crippen molar-refractivity contribution in [2.24, 2.45) is 40.1 Å². The van der Waals surface area contributed by atoms with E-state index in [9.17, 15) is 24.4 Å². The highest BCUT2D eigenvalue weighted by atomic mass is 16.5. The van der Waals surface area contributed by atoms with Crippen molar-refractivity contribution in [2.45, 2.75) is 64.8 Å². The fraction of sp³-hybridized carbons (Fsp3) is 0.633. The normalized spacial score (nSPS) is 19.8. The molecule has 2 aliphatic heterocycles. The van der Waals surface area contributed by atoms with Crippen LogP contribution in [0.25, 0.3) is 0 Å². The van der Waals surface area contributed by atoms with E-state index in [0.717, 1.165) is 5.56 Å². The van der Waals surface area contributed by atoms with Crippen molar-refractivity contribution in [3.8, 4) is 5.75 Å². The lowest BCUT2D eigenvalue weighted by Gasteiger charge is -2.29. The number of hydrogen-bond acceptors (Lipinski definition) is 8. The van der Waals surface area contributed by atoms with Crippen LogP contribution >= 0.6 is 0 Å². The number of fused-ring (bicyclic) bond motifs is 11. The third-order valence-electron chi connectivity index (χ3n) is 7.42. The van der Waals surface area contributed by atoms with Crippen molar-refractivity contribution in [3.63, 3.8) is 0 Å². The average molecular weight is 605 g/mol. The summed E-state index contributed by atoms with van der Waals surface area (Å²) < 4.78 is 10.8. The number of hydrogen-bond donors (Lipinski definition) is 6. The number of methoxy groups -OCH3 is 1. The van der Waals surface area contributed by atoms with Gasteiger partial charge in [-0.2, -0.15) is 0 Å². The molecule has 0 aliphatic carbocycles. The Morgan fingerprint density at radius 3 is 2.56 bits per heavy atom. The first-order valence-electron chi connectivity index (χ1n) is 14.9. The van der Waals surface area contributed by atoms with Crippen LogP contribution in [0.4, 0.5) is 0 Å². The van der Waals surface area contributed by atoms with Crippen LogP contribution in [0, 0.1) is 23.7 Å². The van der Waals surface area contributed by atoms with Gasteiger partial charge in [-0.25, -0.2) is 5.48 Å². The standard InChI is InChI=1S/C30H48N6O7/c1-19(2)16-24-23(29(40)36-41)7-5-14-43-22-10-8-20(9-11-22)17-25(35-28(24)39)26(37)18-21(6-4-12-34-30(31)32)27(38)33-13-15-42-3/h8-11,19,21,23-25,41H,4-7,12-18H2,1-3H3,(H,33,38)(H,35,39)(H,36,40)(H4,31,32,34)/t21-,23+,24-,25+/m1/s1. The molecule has 2 heterocycles. The van der Waals surface area contributed by atoms with E-state index in [-0.39, 0.29) is 43.0 Å². The summed E-state index contributed by atoms with van der Waals surface area (Å²) in [6, 6.07) is 6.30. The van der Waals surface area contributed by atoms with E-state index in [1.807, 2.05) is 26.0 Å². The molecule has 0 unspecified atom stereocenters. The Morgan fingerprint density at radius 1 is 1.21 bits per heavy atom. The Bertz CT molecular complexity index is 1080. The molecule has 3 rings (SSSR count). The van der Waals surface area contributed by atoms with Gasteiger partial charge in [-0.3, -0.25) is 29.4 Å². The zero-order valence-corrected chi connectivity index (χ0v) is 25.5. The van der Waals surface area contributed by atoms with Crippen molar-refractivity contribution >= 4 is 29.5 Å². The zero-order valence-electron chi connectivity index (χ0n) is 25.5. The van der Waals surface area contributed by atoms with Gasteiger partial charge in [-0.05, 0) is 62.1 Å².